The Hall–Kier alpha value is -1.36. The number of ether oxygens (including phenoxy) is 2. The van der Waals surface area contributed by atoms with Gasteiger partial charge in [-0.15, -0.1) is 0 Å². The van der Waals surface area contributed by atoms with Gasteiger partial charge in [-0.1, -0.05) is 12.2 Å². The third-order valence-corrected chi connectivity index (χ3v) is 4.44. The molecule has 0 aromatic heterocycles. The second kappa shape index (κ2) is 6.88. The molecule has 112 valence electrons. The number of aliphatic hydroxyl groups is 1. The number of carbonyl (C=O) groups is 2. The van der Waals surface area contributed by atoms with Crippen LogP contribution in [0.15, 0.2) is 12.2 Å². The van der Waals surface area contributed by atoms with Crippen LogP contribution in [0.2, 0.25) is 0 Å². The van der Waals surface area contributed by atoms with Gasteiger partial charge in [-0.2, -0.15) is 0 Å². The SMILES string of the molecule is COC(=O)[C@H]1[C@@H]2CC/C=C/CC[C@H]2[C@H]1C(=O)OCCO. The molecule has 1 saturated carbocycles. The maximum absolute atomic E-state index is 12.1. The van der Waals surface area contributed by atoms with E-state index in [2.05, 4.69) is 12.2 Å². The average Bonchev–Trinajstić information content (AvgIpc) is 2.42. The molecule has 0 aromatic carbocycles. The van der Waals surface area contributed by atoms with Crippen LogP contribution in [0.4, 0.5) is 0 Å². The molecule has 0 saturated heterocycles. The van der Waals surface area contributed by atoms with Crippen molar-refractivity contribution in [1.29, 1.82) is 0 Å². The molecule has 2 aliphatic carbocycles. The van der Waals surface area contributed by atoms with Crippen LogP contribution in [0.1, 0.15) is 25.7 Å². The van der Waals surface area contributed by atoms with Gasteiger partial charge in [0.25, 0.3) is 0 Å². The molecule has 0 unspecified atom stereocenters. The van der Waals surface area contributed by atoms with E-state index in [9.17, 15) is 9.59 Å². The van der Waals surface area contributed by atoms with E-state index in [1.165, 1.54) is 7.11 Å². The highest BCUT2D eigenvalue weighted by Gasteiger charge is 2.57. The highest BCUT2D eigenvalue weighted by atomic mass is 16.5. The van der Waals surface area contributed by atoms with Gasteiger partial charge in [-0.05, 0) is 37.5 Å². The van der Waals surface area contributed by atoms with Gasteiger partial charge in [0.2, 0.25) is 0 Å². The number of hydrogen-bond acceptors (Lipinski definition) is 5. The van der Waals surface area contributed by atoms with Crippen LogP contribution in [0.25, 0.3) is 0 Å². The number of esters is 2. The Morgan fingerprint density at radius 3 is 2.15 bits per heavy atom. The van der Waals surface area contributed by atoms with Crippen molar-refractivity contribution in [2.45, 2.75) is 25.7 Å². The smallest absolute Gasteiger partial charge is 0.310 e. The summed E-state index contributed by atoms with van der Waals surface area (Å²) in [6.07, 6.45) is 7.95. The summed E-state index contributed by atoms with van der Waals surface area (Å²) in [5.74, 6) is -1.09. The van der Waals surface area contributed by atoms with E-state index in [0.29, 0.717) is 0 Å². The normalized spacial score (nSPS) is 33.9. The van der Waals surface area contributed by atoms with Crippen molar-refractivity contribution in [3.05, 3.63) is 12.2 Å². The lowest BCUT2D eigenvalue weighted by molar-refractivity contribution is -0.182. The molecular weight excluding hydrogens is 260 g/mol. The molecule has 0 aromatic rings. The molecular formula is C15H22O5. The van der Waals surface area contributed by atoms with Gasteiger partial charge in [0, 0.05) is 0 Å². The number of aliphatic hydroxyl groups excluding tert-OH is 1. The van der Waals surface area contributed by atoms with Crippen molar-refractivity contribution in [2.75, 3.05) is 20.3 Å². The van der Waals surface area contributed by atoms with Gasteiger partial charge < -0.3 is 14.6 Å². The Morgan fingerprint density at radius 1 is 1.10 bits per heavy atom. The van der Waals surface area contributed by atoms with Crippen LogP contribution < -0.4 is 0 Å². The second-order valence-corrected chi connectivity index (χ2v) is 5.42. The lowest BCUT2D eigenvalue weighted by Crippen LogP contribution is -2.55. The highest BCUT2D eigenvalue weighted by molar-refractivity contribution is 5.84. The minimum absolute atomic E-state index is 0.0134. The predicted octanol–water partition coefficient (Wildman–Crippen LogP) is 1.30. The monoisotopic (exact) mass is 282 g/mol. The van der Waals surface area contributed by atoms with Gasteiger partial charge in [0.15, 0.2) is 0 Å². The molecule has 2 rings (SSSR count). The first-order valence-electron chi connectivity index (χ1n) is 7.21. The Labute approximate surface area is 118 Å². The van der Waals surface area contributed by atoms with Gasteiger partial charge >= 0.3 is 11.9 Å². The zero-order valence-electron chi connectivity index (χ0n) is 11.8. The van der Waals surface area contributed by atoms with Gasteiger partial charge in [-0.3, -0.25) is 9.59 Å². The fourth-order valence-electron chi connectivity index (χ4n) is 3.54. The van der Waals surface area contributed by atoms with Crippen LogP contribution in [-0.4, -0.2) is 37.4 Å². The molecule has 2 aliphatic rings. The minimum atomic E-state index is -0.412. The lowest BCUT2D eigenvalue weighted by atomic mass is 9.53. The quantitative estimate of drug-likeness (QED) is 0.621. The van der Waals surface area contributed by atoms with Crippen molar-refractivity contribution in [2.24, 2.45) is 23.7 Å². The van der Waals surface area contributed by atoms with E-state index in [1.807, 2.05) is 0 Å². The van der Waals surface area contributed by atoms with Crippen molar-refractivity contribution >= 4 is 11.9 Å². The number of methoxy groups -OCH3 is 1. The number of allylic oxidation sites excluding steroid dienone is 2. The summed E-state index contributed by atoms with van der Waals surface area (Å²) in [5.41, 5.74) is 0. The van der Waals surface area contributed by atoms with Gasteiger partial charge in [0.05, 0.1) is 25.6 Å². The van der Waals surface area contributed by atoms with Crippen molar-refractivity contribution < 1.29 is 24.2 Å². The predicted molar refractivity (Wildman–Crippen MR) is 71.6 cm³/mol. The number of rotatable bonds is 4. The maximum Gasteiger partial charge on any atom is 0.310 e. The summed E-state index contributed by atoms with van der Waals surface area (Å²) in [6, 6.07) is 0. The molecule has 1 N–H and O–H groups in total. The van der Waals surface area contributed by atoms with Crippen molar-refractivity contribution in [1.82, 2.24) is 0 Å². The molecule has 0 amide bonds. The molecule has 0 spiro atoms. The van der Waals surface area contributed by atoms with Crippen LogP contribution in [-0.2, 0) is 19.1 Å². The standard InChI is InChI=1S/C15H22O5/c1-19-14(17)12-10-6-4-2-3-5-7-11(10)13(12)15(18)20-9-8-16/h2-3,10-13,16H,4-9H2,1H3/b3-2+/t10-,11-,12+,13-/m1/s1. The number of carbonyl (C=O) groups excluding carboxylic acids is 2. The van der Waals surface area contributed by atoms with Gasteiger partial charge in [-0.25, -0.2) is 0 Å². The summed E-state index contributed by atoms with van der Waals surface area (Å²) in [5, 5.41) is 8.75. The van der Waals surface area contributed by atoms with E-state index < -0.39 is 5.92 Å². The van der Waals surface area contributed by atoms with Crippen molar-refractivity contribution in [3.63, 3.8) is 0 Å². The van der Waals surface area contributed by atoms with E-state index >= 15 is 0 Å². The van der Waals surface area contributed by atoms with E-state index in [4.69, 9.17) is 14.6 Å². The average molecular weight is 282 g/mol. The molecule has 5 nitrogen and oxygen atoms in total. The summed E-state index contributed by atoms with van der Waals surface area (Å²) in [7, 11) is 1.36. The van der Waals surface area contributed by atoms with Crippen LogP contribution in [0.3, 0.4) is 0 Å². The fraction of sp³-hybridized carbons (Fsp3) is 0.733. The summed E-state index contributed by atoms with van der Waals surface area (Å²) in [6.45, 7) is -0.210. The first-order chi connectivity index (χ1) is 9.70. The Kier molecular flexibility index (Phi) is 5.17. The van der Waals surface area contributed by atoms with Crippen LogP contribution in [0.5, 0.6) is 0 Å². The molecule has 0 bridgehead atoms. The van der Waals surface area contributed by atoms with Gasteiger partial charge in [0.1, 0.15) is 6.61 Å². The zero-order valence-corrected chi connectivity index (χ0v) is 11.8. The molecule has 5 heteroatoms. The maximum atomic E-state index is 12.1. The van der Waals surface area contributed by atoms with Crippen LogP contribution >= 0.6 is 0 Å². The second-order valence-electron chi connectivity index (χ2n) is 5.42. The lowest BCUT2D eigenvalue weighted by Gasteiger charge is -2.49. The summed E-state index contributed by atoms with van der Waals surface area (Å²) < 4.78 is 9.87. The van der Waals surface area contributed by atoms with E-state index in [0.717, 1.165) is 25.7 Å². The summed E-state index contributed by atoms with van der Waals surface area (Å²) >= 11 is 0. The van der Waals surface area contributed by atoms with E-state index in [-0.39, 0.29) is 42.9 Å². The fourth-order valence-corrected chi connectivity index (χ4v) is 3.54. The largest absolute Gasteiger partial charge is 0.469 e. The molecule has 0 aliphatic heterocycles. The molecule has 20 heavy (non-hydrogen) atoms. The molecule has 1 fully saturated rings. The van der Waals surface area contributed by atoms with Crippen molar-refractivity contribution in [3.8, 4) is 0 Å². The Bertz CT molecular complexity index is 390. The number of fused-ring (bicyclic) bond motifs is 1. The molecule has 0 heterocycles. The minimum Gasteiger partial charge on any atom is -0.469 e. The molecule has 4 atom stereocenters. The zero-order chi connectivity index (χ0) is 14.5. The highest BCUT2D eigenvalue weighted by Crippen LogP contribution is 2.52. The first-order valence-corrected chi connectivity index (χ1v) is 7.21. The van der Waals surface area contributed by atoms with Crippen LogP contribution in [0, 0.1) is 23.7 Å². The number of hydrogen-bond donors (Lipinski definition) is 1. The third kappa shape index (κ3) is 2.87. The topological polar surface area (TPSA) is 72.8 Å². The molecule has 0 radical (unpaired) electrons. The third-order valence-electron chi connectivity index (χ3n) is 4.44. The van der Waals surface area contributed by atoms with E-state index in [1.54, 1.807) is 0 Å². The Balaban J connectivity index is 2.11. The Morgan fingerprint density at radius 2 is 1.65 bits per heavy atom. The first kappa shape index (κ1) is 15.0. The summed E-state index contributed by atoms with van der Waals surface area (Å²) in [4.78, 5) is 24.0.